The van der Waals surface area contributed by atoms with Gasteiger partial charge in [-0.15, -0.1) is 0 Å². The average molecular weight is 254 g/mol. The molecule has 3 rings (SSSR count). The normalized spacial score (nSPS) is 15.3. The van der Waals surface area contributed by atoms with E-state index >= 15 is 0 Å². The van der Waals surface area contributed by atoms with Crippen molar-refractivity contribution in [1.29, 1.82) is 0 Å². The summed E-state index contributed by atoms with van der Waals surface area (Å²) in [6.07, 6.45) is 3.84. The molecule has 1 aromatic carbocycles. The monoisotopic (exact) mass is 254 g/mol. The second-order valence-electron chi connectivity index (χ2n) is 5.38. The number of aromatic nitrogens is 2. The predicted molar refractivity (Wildman–Crippen MR) is 76.4 cm³/mol. The van der Waals surface area contributed by atoms with Gasteiger partial charge < -0.3 is 4.98 Å². The first-order valence-corrected chi connectivity index (χ1v) is 6.83. The fraction of sp³-hybridized carbons (Fsp3) is 0.375. The highest BCUT2D eigenvalue weighted by atomic mass is 16.1. The van der Waals surface area contributed by atoms with E-state index in [4.69, 9.17) is 0 Å². The van der Waals surface area contributed by atoms with Gasteiger partial charge in [0.1, 0.15) is 5.69 Å². The summed E-state index contributed by atoms with van der Waals surface area (Å²) in [5.74, 6) is 0.672. The van der Waals surface area contributed by atoms with Crippen LogP contribution in [0.3, 0.4) is 0 Å². The van der Waals surface area contributed by atoms with Gasteiger partial charge in [-0.2, -0.15) is 0 Å². The molecule has 0 atom stereocenters. The molecule has 0 spiro atoms. The first-order chi connectivity index (χ1) is 9.15. The molecule has 1 aliphatic carbocycles. The van der Waals surface area contributed by atoms with E-state index in [2.05, 4.69) is 22.1 Å². The van der Waals surface area contributed by atoms with Crippen LogP contribution in [0.5, 0.6) is 0 Å². The van der Waals surface area contributed by atoms with E-state index in [1.165, 1.54) is 24.8 Å². The minimum absolute atomic E-state index is 0.103. The molecule has 0 saturated heterocycles. The highest BCUT2D eigenvalue weighted by Gasteiger charge is 2.20. The average Bonchev–Trinajstić information content (AvgIpc) is 2.32. The van der Waals surface area contributed by atoms with Crippen LogP contribution in [0.2, 0.25) is 0 Å². The summed E-state index contributed by atoms with van der Waals surface area (Å²) in [4.78, 5) is 19.3. The van der Waals surface area contributed by atoms with Gasteiger partial charge in [-0.25, -0.2) is 4.98 Å². The van der Waals surface area contributed by atoms with E-state index < -0.39 is 0 Å². The number of hydrogen-bond donors (Lipinski definition) is 1. The number of H-pyrrole nitrogens is 1. The van der Waals surface area contributed by atoms with Crippen LogP contribution < -0.4 is 5.56 Å². The number of rotatable bonds is 2. The van der Waals surface area contributed by atoms with Crippen LogP contribution in [0.1, 0.15) is 42.1 Å². The van der Waals surface area contributed by atoms with Crippen molar-refractivity contribution in [1.82, 2.24) is 9.97 Å². The van der Waals surface area contributed by atoms with Gasteiger partial charge in [-0.3, -0.25) is 4.79 Å². The Labute approximate surface area is 112 Å². The van der Waals surface area contributed by atoms with Crippen LogP contribution in [-0.2, 0) is 0 Å². The van der Waals surface area contributed by atoms with Crippen LogP contribution in [0.25, 0.3) is 11.3 Å². The lowest BCUT2D eigenvalue weighted by Crippen LogP contribution is -2.15. The largest absolute Gasteiger partial charge is 0.323 e. The molecule has 3 nitrogen and oxygen atoms in total. The summed E-state index contributed by atoms with van der Waals surface area (Å²) in [5.41, 5.74) is 4.41. The van der Waals surface area contributed by atoms with E-state index in [0.29, 0.717) is 11.6 Å². The number of aromatic amines is 1. The lowest BCUT2D eigenvalue weighted by molar-refractivity contribution is 0.420. The fourth-order valence-electron chi connectivity index (χ4n) is 2.50. The lowest BCUT2D eigenvalue weighted by atomic mass is 9.79. The number of nitrogens with zero attached hydrogens (tertiary/aromatic N) is 1. The molecule has 0 amide bonds. The zero-order valence-electron chi connectivity index (χ0n) is 11.4. The van der Waals surface area contributed by atoms with Crippen molar-refractivity contribution >= 4 is 0 Å². The van der Waals surface area contributed by atoms with Crippen molar-refractivity contribution in [3.05, 3.63) is 51.6 Å². The Morgan fingerprint density at radius 2 is 2.05 bits per heavy atom. The first kappa shape index (κ1) is 12.2. The van der Waals surface area contributed by atoms with Crippen molar-refractivity contribution < 1.29 is 0 Å². The Bertz CT molecular complexity index is 669. The molecule has 1 aliphatic rings. The molecule has 1 N–H and O–H groups in total. The van der Waals surface area contributed by atoms with Gasteiger partial charge in [-0.05, 0) is 44.2 Å². The third-order valence-corrected chi connectivity index (χ3v) is 4.07. The molecule has 1 aromatic heterocycles. The number of nitrogens with one attached hydrogen (secondary N) is 1. The molecule has 98 valence electrons. The van der Waals surface area contributed by atoms with Gasteiger partial charge in [-0.1, -0.05) is 24.6 Å². The van der Waals surface area contributed by atoms with Gasteiger partial charge in [0.25, 0.3) is 5.56 Å². The SMILES string of the molecule is Cc1nc(-c2cccc(C3CCC3)c2)c(=O)[nH]c1C. The molecule has 1 saturated carbocycles. The van der Waals surface area contributed by atoms with Gasteiger partial charge in [0.2, 0.25) is 0 Å². The molecule has 0 unspecified atom stereocenters. The van der Waals surface area contributed by atoms with E-state index in [1.54, 1.807) is 0 Å². The first-order valence-electron chi connectivity index (χ1n) is 6.83. The summed E-state index contributed by atoms with van der Waals surface area (Å²) < 4.78 is 0. The quantitative estimate of drug-likeness (QED) is 0.893. The third kappa shape index (κ3) is 2.21. The van der Waals surface area contributed by atoms with Crippen molar-refractivity contribution in [3.63, 3.8) is 0 Å². The predicted octanol–water partition coefficient (Wildman–Crippen LogP) is 3.32. The maximum absolute atomic E-state index is 12.0. The van der Waals surface area contributed by atoms with Gasteiger partial charge >= 0.3 is 0 Å². The molecule has 1 heterocycles. The van der Waals surface area contributed by atoms with E-state index in [0.717, 1.165) is 17.0 Å². The Morgan fingerprint density at radius 1 is 1.26 bits per heavy atom. The van der Waals surface area contributed by atoms with Crippen LogP contribution in [0, 0.1) is 13.8 Å². The third-order valence-electron chi connectivity index (χ3n) is 4.07. The molecule has 0 bridgehead atoms. The van der Waals surface area contributed by atoms with Crippen LogP contribution in [0.15, 0.2) is 29.1 Å². The molecule has 1 fully saturated rings. The molecule has 3 heteroatoms. The smallest absolute Gasteiger partial charge is 0.274 e. The standard InChI is InChI=1S/C16H18N2O/c1-10-11(2)18-16(19)15(17-10)14-8-4-7-13(9-14)12-5-3-6-12/h4,7-9,12H,3,5-6H2,1-2H3,(H,18,19). The molecule has 19 heavy (non-hydrogen) atoms. The van der Waals surface area contributed by atoms with E-state index in [1.807, 2.05) is 26.0 Å². The van der Waals surface area contributed by atoms with Gasteiger partial charge in [0.05, 0.1) is 5.69 Å². The minimum atomic E-state index is -0.103. The molecule has 0 radical (unpaired) electrons. The van der Waals surface area contributed by atoms with Crippen molar-refractivity contribution in [3.8, 4) is 11.3 Å². The highest BCUT2D eigenvalue weighted by molar-refractivity contribution is 5.59. The molecular formula is C16H18N2O. The van der Waals surface area contributed by atoms with Crippen molar-refractivity contribution in [2.45, 2.75) is 39.0 Å². The number of benzene rings is 1. The Morgan fingerprint density at radius 3 is 2.74 bits per heavy atom. The second kappa shape index (κ2) is 4.65. The highest BCUT2D eigenvalue weighted by Crippen LogP contribution is 2.37. The Hall–Kier alpha value is -1.90. The minimum Gasteiger partial charge on any atom is -0.323 e. The van der Waals surface area contributed by atoms with Crippen LogP contribution in [0.4, 0.5) is 0 Å². The number of aryl methyl sites for hydroxylation is 2. The van der Waals surface area contributed by atoms with E-state index in [9.17, 15) is 4.79 Å². The maximum Gasteiger partial charge on any atom is 0.274 e. The summed E-state index contributed by atoms with van der Waals surface area (Å²) in [7, 11) is 0. The van der Waals surface area contributed by atoms with Gasteiger partial charge in [0.15, 0.2) is 0 Å². The second-order valence-corrected chi connectivity index (χ2v) is 5.38. The molecule has 2 aromatic rings. The molecular weight excluding hydrogens is 236 g/mol. The van der Waals surface area contributed by atoms with Crippen LogP contribution in [-0.4, -0.2) is 9.97 Å². The summed E-state index contributed by atoms with van der Waals surface area (Å²) in [5, 5.41) is 0. The Kier molecular flexibility index (Phi) is 2.97. The van der Waals surface area contributed by atoms with Crippen LogP contribution >= 0.6 is 0 Å². The van der Waals surface area contributed by atoms with E-state index in [-0.39, 0.29) is 5.56 Å². The fourth-order valence-corrected chi connectivity index (χ4v) is 2.50. The topological polar surface area (TPSA) is 45.8 Å². The zero-order chi connectivity index (χ0) is 13.4. The summed E-state index contributed by atoms with van der Waals surface area (Å²) >= 11 is 0. The number of hydrogen-bond acceptors (Lipinski definition) is 2. The Balaban J connectivity index is 2.06. The van der Waals surface area contributed by atoms with Crippen molar-refractivity contribution in [2.24, 2.45) is 0 Å². The zero-order valence-corrected chi connectivity index (χ0v) is 11.4. The maximum atomic E-state index is 12.0. The molecule has 0 aliphatic heterocycles. The summed E-state index contributed by atoms with van der Waals surface area (Å²) in [6.45, 7) is 3.79. The van der Waals surface area contributed by atoms with Crippen molar-refractivity contribution in [2.75, 3.05) is 0 Å². The van der Waals surface area contributed by atoms with Gasteiger partial charge in [0, 0.05) is 11.3 Å². The lowest BCUT2D eigenvalue weighted by Gasteiger charge is -2.26. The summed E-state index contributed by atoms with van der Waals surface area (Å²) in [6, 6.07) is 8.27.